The maximum absolute atomic E-state index is 14.2. The van der Waals surface area contributed by atoms with Crippen LogP contribution in [0.1, 0.15) is 38.7 Å². The molecule has 1 fully saturated rings. The highest BCUT2D eigenvalue weighted by atomic mass is 19.3. The van der Waals surface area contributed by atoms with Gasteiger partial charge < -0.3 is 10.0 Å². The van der Waals surface area contributed by atoms with E-state index in [4.69, 9.17) is 0 Å². The Morgan fingerprint density at radius 2 is 1.86 bits per heavy atom. The molecule has 1 aliphatic heterocycles. The fourth-order valence-corrected chi connectivity index (χ4v) is 3.49. The molecule has 0 radical (unpaired) electrons. The molecule has 0 saturated carbocycles. The molecular formula is C18H21F5N2O3. The van der Waals surface area contributed by atoms with Crippen LogP contribution in [0.3, 0.4) is 0 Å². The summed E-state index contributed by atoms with van der Waals surface area (Å²) in [6.45, 7) is 3.81. The van der Waals surface area contributed by atoms with Crippen LogP contribution in [0.25, 0.3) is 0 Å². The SMILES string of the molecule is CC(C)(C)N(C(=O)O)[C@H]1C[C@@H](c2cccc(F)c2F)CN(C(F)C(F)F)C1=O. The van der Waals surface area contributed by atoms with Crippen LogP contribution < -0.4 is 0 Å². The second-order valence-electron chi connectivity index (χ2n) is 7.61. The fourth-order valence-electron chi connectivity index (χ4n) is 3.49. The van der Waals surface area contributed by atoms with Gasteiger partial charge in [-0.1, -0.05) is 12.1 Å². The van der Waals surface area contributed by atoms with Crippen LogP contribution in [0, 0.1) is 11.6 Å². The quantitative estimate of drug-likeness (QED) is 0.606. The number of likely N-dealkylation sites (tertiary alicyclic amines) is 1. The highest BCUT2D eigenvalue weighted by Gasteiger charge is 2.48. The highest BCUT2D eigenvalue weighted by Crippen LogP contribution is 2.36. The van der Waals surface area contributed by atoms with E-state index in [0.717, 1.165) is 11.0 Å². The lowest BCUT2D eigenvalue weighted by Crippen LogP contribution is -2.62. The predicted molar refractivity (Wildman–Crippen MR) is 89.7 cm³/mol. The van der Waals surface area contributed by atoms with E-state index in [1.54, 1.807) is 0 Å². The molecule has 0 aromatic heterocycles. The number of nitrogens with zero attached hydrogens (tertiary/aromatic N) is 2. The first kappa shape index (κ1) is 21.9. The van der Waals surface area contributed by atoms with Crippen molar-refractivity contribution in [2.24, 2.45) is 0 Å². The number of benzene rings is 1. The lowest BCUT2D eigenvalue weighted by atomic mass is 9.85. The van der Waals surface area contributed by atoms with Gasteiger partial charge in [0.15, 0.2) is 11.6 Å². The number of amides is 2. The summed E-state index contributed by atoms with van der Waals surface area (Å²) in [6, 6.07) is 1.72. The van der Waals surface area contributed by atoms with Gasteiger partial charge in [0.05, 0.1) is 0 Å². The zero-order valence-corrected chi connectivity index (χ0v) is 15.5. The minimum Gasteiger partial charge on any atom is -0.465 e. The first-order valence-electron chi connectivity index (χ1n) is 8.55. The van der Waals surface area contributed by atoms with Crippen molar-refractivity contribution in [2.45, 2.75) is 57.4 Å². The second kappa shape index (κ2) is 7.92. The fraction of sp³-hybridized carbons (Fsp3) is 0.556. The van der Waals surface area contributed by atoms with E-state index in [-0.39, 0.29) is 16.9 Å². The van der Waals surface area contributed by atoms with Gasteiger partial charge in [0, 0.05) is 18.0 Å². The largest absolute Gasteiger partial charge is 0.465 e. The summed E-state index contributed by atoms with van der Waals surface area (Å²) in [5.74, 6) is -4.64. The topological polar surface area (TPSA) is 60.9 Å². The van der Waals surface area contributed by atoms with Crippen LogP contribution in [0.2, 0.25) is 0 Å². The summed E-state index contributed by atoms with van der Waals surface area (Å²) in [7, 11) is 0. The highest BCUT2D eigenvalue weighted by molar-refractivity contribution is 5.87. The molecule has 2 amide bonds. The second-order valence-corrected chi connectivity index (χ2v) is 7.61. The Bertz CT molecular complexity index is 753. The monoisotopic (exact) mass is 408 g/mol. The molecule has 3 atom stereocenters. The zero-order chi connectivity index (χ0) is 21.4. The van der Waals surface area contributed by atoms with Gasteiger partial charge in [-0.2, -0.15) is 0 Å². The minimum absolute atomic E-state index is 0.204. The van der Waals surface area contributed by atoms with Crippen molar-refractivity contribution in [3.05, 3.63) is 35.4 Å². The standard InChI is InChI=1S/C18H21F5N2O3/c1-18(2,3)25(17(27)28)12-7-9(10-5-4-6-11(19)13(10)20)8-24(16(12)26)15(23)14(21)22/h4-6,9,12,14-15H,7-8H2,1-3H3,(H,27,28)/t9-,12+,15?/m1/s1. The Morgan fingerprint density at radius 1 is 1.25 bits per heavy atom. The Kier molecular flexibility index (Phi) is 6.20. The van der Waals surface area contributed by atoms with E-state index < -0.39 is 60.4 Å². The number of alkyl halides is 3. The van der Waals surface area contributed by atoms with Gasteiger partial charge in [0.25, 0.3) is 6.43 Å². The molecule has 1 saturated heterocycles. The van der Waals surface area contributed by atoms with Crippen molar-refractivity contribution >= 4 is 12.0 Å². The Balaban J connectivity index is 2.53. The first-order valence-corrected chi connectivity index (χ1v) is 8.55. The van der Waals surface area contributed by atoms with Gasteiger partial charge >= 0.3 is 6.09 Å². The number of rotatable bonds is 4. The lowest BCUT2D eigenvalue weighted by Gasteiger charge is -2.46. The number of carbonyl (C=O) groups excluding carboxylic acids is 1. The average Bonchev–Trinajstić information content (AvgIpc) is 2.57. The minimum atomic E-state index is -3.53. The molecule has 1 aliphatic rings. The average molecular weight is 408 g/mol. The lowest BCUT2D eigenvalue weighted by molar-refractivity contribution is -0.157. The molecule has 0 bridgehead atoms. The third-order valence-corrected chi connectivity index (χ3v) is 4.66. The van der Waals surface area contributed by atoms with Crippen molar-refractivity contribution in [2.75, 3.05) is 6.54 Å². The number of hydrogen-bond donors (Lipinski definition) is 1. The van der Waals surface area contributed by atoms with Gasteiger partial charge in [-0.25, -0.2) is 26.7 Å². The smallest absolute Gasteiger partial charge is 0.408 e. The summed E-state index contributed by atoms with van der Waals surface area (Å²) >= 11 is 0. The number of piperidine rings is 1. The van der Waals surface area contributed by atoms with Crippen molar-refractivity contribution in [3.63, 3.8) is 0 Å². The van der Waals surface area contributed by atoms with E-state index in [9.17, 15) is 36.6 Å². The molecule has 28 heavy (non-hydrogen) atoms. The van der Waals surface area contributed by atoms with E-state index >= 15 is 0 Å². The van der Waals surface area contributed by atoms with Crippen LogP contribution in [-0.2, 0) is 4.79 Å². The van der Waals surface area contributed by atoms with Crippen molar-refractivity contribution in [1.82, 2.24) is 9.80 Å². The van der Waals surface area contributed by atoms with Crippen LogP contribution in [0.5, 0.6) is 0 Å². The van der Waals surface area contributed by atoms with Gasteiger partial charge in [-0.05, 0) is 38.8 Å². The van der Waals surface area contributed by atoms with Gasteiger partial charge in [-0.3, -0.25) is 9.69 Å². The number of hydrogen-bond acceptors (Lipinski definition) is 2. The molecule has 1 aromatic carbocycles. The van der Waals surface area contributed by atoms with Gasteiger partial charge in [-0.15, -0.1) is 0 Å². The third kappa shape index (κ3) is 4.20. The van der Waals surface area contributed by atoms with Gasteiger partial charge in [0.1, 0.15) is 6.04 Å². The molecule has 156 valence electrons. The van der Waals surface area contributed by atoms with Crippen LogP contribution in [0.4, 0.5) is 26.7 Å². The predicted octanol–water partition coefficient (Wildman–Crippen LogP) is 3.99. The van der Waals surface area contributed by atoms with E-state index in [1.165, 1.54) is 32.9 Å². The summed E-state index contributed by atoms with van der Waals surface area (Å²) < 4.78 is 67.8. The summed E-state index contributed by atoms with van der Waals surface area (Å²) in [6.07, 6.45) is -8.34. The summed E-state index contributed by atoms with van der Waals surface area (Å²) in [5.41, 5.74) is -1.36. The van der Waals surface area contributed by atoms with E-state index in [0.29, 0.717) is 0 Å². The Hall–Kier alpha value is -2.39. The van der Waals surface area contributed by atoms with Crippen LogP contribution in [0.15, 0.2) is 18.2 Å². The van der Waals surface area contributed by atoms with E-state index in [1.807, 2.05) is 0 Å². The molecule has 1 heterocycles. The maximum atomic E-state index is 14.2. The molecule has 2 rings (SSSR count). The van der Waals surface area contributed by atoms with Crippen molar-refractivity contribution < 1.29 is 36.6 Å². The molecule has 1 unspecified atom stereocenters. The van der Waals surface area contributed by atoms with Crippen molar-refractivity contribution in [1.29, 1.82) is 0 Å². The number of halogens is 5. The Morgan fingerprint density at radius 3 is 2.36 bits per heavy atom. The third-order valence-electron chi connectivity index (χ3n) is 4.66. The van der Waals surface area contributed by atoms with Crippen LogP contribution in [-0.4, -0.2) is 57.8 Å². The molecule has 1 N–H and O–H groups in total. The molecule has 1 aromatic rings. The van der Waals surface area contributed by atoms with Crippen LogP contribution >= 0.6 is 0 Å². The normalized spacial score (nSPS) is 21.8. The number of carbonyl (C=O) groups is 2. The molecule has 0 aliphatic carbocycles. The first-order chi connectivity index (χ1) is 12.9. The maximum Gasteiger partial charge on any atom is 0.408 e. The zero-order valence-electron chi connectivity index (χ0n) is 15.5. The molecule has 5 nitrogen and oxygen atoms in total. The number of carboxylic acid groups (broad SMARTS) is 1. The molecular weight excluding hydrogens is 387 g/mol. The van der Waals surface area contributed by atoms with E-state index in [2.05, 4.69) is 0 Å². The summed E-state index contributed by atoms with van der Waals surface area (Å²) in [5, 5.41) is 9.55. The summed E-state index contributed by atoms with van der Waals surface area (Å²) in [4.78, 5) is 25.3. The molecule has 10 heteroatoms. The molecule has 0 spiro atoms. The van der Waals surface area contributed by atoms with Crippen molar-refractivity contribution in [3.8, 4) is 0 Å². The Labute approximate surface area is 158 Å². The van der Waals surface area contributed by atoms with Gasteiger partial charge in [0.2, 0.25) is 12.2 Å².